The largest absolute Gasteiger partial charge is 0.334 e. The minimum Gasteiger partial charge on any atom is -0.334 e. The van der Waals surface area contributed by atoms with Crippen molar-refractivity contribution >= 4 is 0 Å². The van der Waals surface area contributed by atoms with E-state index in [4.69, 9.17) is 4.52 Å². The molecule has 3 heterocycles. The van der Waals surface area contributed by atoms with Crippen molar-refractivity contribution in [3.05, 3.63) is 17.7 Å². The summed E-state index contributed by atoms with van der Waals surface area (Å²) in [5.74, 6) is 1.92. The Morgan fingerprint density at radius 3 is 2.75 bits per heavy atom. The Hall–Kier alpha value is -1.73. The van der Waals surface area contributed by atoms with Gasteiger partial charge in [0.1, 0.15) is 0 Å². The molecule has 2 aromatic heterocycles. The standard InChI is InChI=1S/C17H26N6O/c1-22-7-9-23(10-8-22)12-15-19-17(24-21-15)14-11-18-20-16(14)13-5-3-2-4-6-13/h11,13H,2-10,12H2,1H3,(H,18,20). The van der Waals surface area contributed by atoms with Crippen LogP contribution in [0.2, 0.25) is 0 Å². The summed E-state index contributed by atoms with van der Waals surface area (Å²) in [6.45, 7) is 5.06. The Morgan fingerprint density at radius 2 is 1.96 bits per heavy atom. The fourth-order valence-electron chi connectivity index (χ4n) is 3.80. The molecule has 130 valence electrons. The maximum absolute atomic E-state index is 5.54. The lowest BCUT2D eigenvalue weighted by Gasteiger charge is -2.31. The van der Waals surface area contributed by atoms with Gasteiger partial charge < -0.3 is 9.42 Å². The number of aromatic nitrogens is 4. The third-order valence-corrected chi connectivity index (χ3v) is 5.34. The van der Waals surface area contributed by atoms with E-state index in [9.17, 15) is 0 Å². The average Bonchev–Trinajstić information content (AvgIpc) is 3.27. The van der Waals surface area contributed by atoms with Crippen LogP contribution in [0.5, 0.6) is 0 Å². The Balaban J connectivity index is 1.46. The first-order valence-electron chi connectivity index (χ1n) is 9.07. The summed E-state index contributed by atoms with van der Waals surface area (Å²) in [4.78, 5) is 9.36. The van der Waals surface area contributed by atoms with Crippen LogP contribution in [-0.2, 0) is 6.54 Å². The third-order valence-electron chi connectivity index (χ3n) is 5.34. The summed E-state index contributed by atoms with van der Waals surface area (Å²) in [6, 6.07) is 0. The van der Waals surface area contributed by atoms with Gasteiger partial charge in [0.15, 0.2) is 5.82 Å². The number of likely N-dealkylation sites (N-methyl/N-ethyl adjacent to an activating group) is 1. The number of rotatable bonds is 4. The first-order chi connectivity index (χ1) is 11.8. The summed E-state index contributed by atoms with van der Waals surface area (Å²) in [5.41, 5.74) is 2.16. The quantitative estimate of drug-likeness (QED) is 0.927. The van der Waals surface area contributed by atoms with Gasteiger partial charge in [-0.1, -0.05) is 24.4 Å². The van der Waals surface area contributed by atoms with Gasteiger partial charge in [-0.2, -0.15) is 10.1 Å². The van der Waals surface area contributed by atoms with Crippen molar-refractivity contribution in [2.45, 2.75) is 44.6 Å². The van der Waals surface area contributed by atoms with Crippen LogP contribution in [0.3, 0.4) is 0 Å². The molecule has 0 unspecified atom stereocenters. The second-order valence-electron chi connectivity index (χ2n) is 7.13. The highest BCUT2D eigenvalue weighted by Gasteiger charge is 2.24. The first-order valence-corrected chi connectivity index (χ1v) is 9.07. The van der Waals surface area contributed by atoms with Crippen LogP contribution < -0.4 is 0 Å². The zero-order chi connectivity index (χ0) is 16.4. The van der Waals surface area contributed by atoms with Gasteiger partial charge in [-0.05, 0) is 19.9 Å². The molecular weight excluding hydrogens is 304 g/mol. The summed E-state index contributed by atoms with van der Waals surface area (Å²) in [6.07, 6.45) is 8.20. The van der Waals surface area contributed by atoms with Gasteiger partial charge in [0, 0.05) is 32.1 Å². The lowest BCUT2D eigenvalue weighted by Crippen LogP contribution is -2.44. The maximum Gasteiger partial charge on any atom is 0.261 e. The Labute approximate surface area is 142 Å². The second kappa shape index (κ2) is 7.03. The highest BCUT2D eigenvalue weighted by atomic mass is 16.5. The molecule has 7 heteroatoms. The Morgan fingerprint density at radius 1 is 1.17 bits per heavy atom. The molecule has 0 atom stereocenters. The molecule has 4 rings (SSSR count). The molecule has 0 aromatic carbocycles. The smallest absolute Gasteiger partial charge is 0.261 e. The van der Waals surface area contributed by atoms with E-state index in [1.807, 2.05) is 6.20 Å². The summed E-state index contributed by atoms with van der Waals surface area (Å²) in [7, 11) is 2.16. The van der Waals surface area contributed by atoms with Crippen molar-refractivity contribution in [2.75, 3.05) is 33.2 Å². The van der Waals surface area contributed by atoms with E-state index in [1.165, 1.54) is 37.8 Å². The van der Waals surface area contributed by atoms with Crippen LogP contribution >= 0.6 is 0 Å². The topological polar surface area (TPSA) is 74.1 Å². The number of nitrogens with zero attached hydrogens (tertiary/aromatic N) is 5. The van der Waals surface area contributed by atoms with Crippen molar-refractivity contribution in [1.29, 1.82) is 0 Å². The molecule has 1 N–H and O–H groups in total. The number of H-pyrrole nitrogens is 1. The zero-order valence-electron chi connectivity index (χ0n) is 14.4. The van der Waals surface area contributed by atoms with Crippen LogP contribution in [0, 0.1) is 0 Å². The van der Waals surface area contributed by atoms with Crippen LogP contribution in [-0.4, -0.2) is 63.4 Å². The van der Waals surface area contributed by atoms with Gasteiger partial charge in [-0.3, -0.25) is 10.00 Å². The first kappa shape index (κ1) is 15.8. The number of hydrogen-bond donors (Lipinski definition) is 1. The van der Waals surface area contributed by atoms with Gasteiger partial charge in [0.25, 0.3) is 5.89 Å². The highest BCUT2D eigenvalue weighted by Crippen LogP contribution is 2.36. The summed E-state index contributed by atoms with van der Waals surface area (Å²) in [5, 5.41) is 11.6. The lowest BCUT2D eigenvalue weighted by atomic mass is 9.85. The highest BCUT2D eigenvalue weighted by molar-refractivity contribution is 5.56. The molecule has 1 aliphatic heterocycles. The summed E-state index contributed by atoms with van der Waals surface area (Å²) < 4.78 is 5.54. The molecule has 1 saturated heterocycles. The SMILES string of the molecule is CN1CCN(Cc2noc(-c3cn[nH]c3C3CCCCC3)n2)CC1. The van der Waals surface area contributed by atoms with Crippen molar-refractivity contribution in [3.8, 4) is 11.5 Å². The number of hydrogen-bond acceptors (Lipinski definition) is 6. The second-order valence-corrected chi connectivity index (χ2v) is 7.13. The molecule has 2 aliphatic rings. The average molecular weight is 330 g/mol. The van der Waals surface area contributed by atoms with E-state index in [1.54, 1.807) is 0 Å². The van der Waals surface area contributed by atoms with Crippen LogP contribution in [0.1, 0.15) is 49.5 Å². The van der Waals surface area contributed by atoms with E-state index in [-0.39, 0.29) is 0 Å². The van der Waals surface area contributed by atoms with Crippen molar-refractivity contribution in [1.82, 2.24) is 30.1 Å². The Kier molecular flexibility index (Phi) is 4.62. The zero-order valence-corrected chi connectivity index (χ0v) is 14.4. The monoisotopic (exact) mass is 330 g/mol. The van der Waals surface area contributed by atoms with E-state index in [0.717, 1.165) is 44.1 Å². The molecule has 0 radical (unpaired) electrons. The van der Waals surface area contributed by atoms with E-state index >= 15 is 0 Å². The van der Waals surface area contributed by atoms with Gasteiger partial charge in [0.2, 0.25) is 0 Å². The number of piperazine rings is 1. The van der Waals surface area contributed by atoms with Gasteiger partial charge in [-0.25, -0.2) is 0 Å². The van der Waals surface area contributed by atoms with Crippen LogP contribution in [0.25, 0.3) is 11.5 Å². The fraction of sp³-hybridized carbons (Fsp3) is 0.706. The molecule has 7 nitrogen and oxygen atoms in total. The molecular formula is C17H26N6O. The maximum atomic E-state index is 5.54. The van der Waals surface area contributed by atoms with Crippen LogP contribution in [0.15, 0.2) is 10.7 Å². The van der Waals surface area contributed by atoms with Crippen molar-refractivity contribution in [3.63, 3.8) is 0 Å². The predicted molar refractivity (Wildman–Crippen MR) is 90.5 cm³/mol. The normalized spacial score (nSPS) is 21.4. The molecule has 2 fully saturated rings. The molecule has 24 heavy (non-hydrogen) atoms. The van der Waals surface area contributed by atoms with E-state index < -0.39 is 0 Å². The lowest BCUT2D eigenvalue weighted by molar-refractivity contribution is 0.144. The van der Waals surface area contributed by atoms with Crippen molar-refractivity contribution in [2.24, 2.45) is 0 Å². The minimum atomic E-state index is 0.546. The fourth-order valence-corrected chi connectivity index (χ4v) is 3.80. The molecule has 0 bridgehead atoms. The van der Waals surface area contributed by atoms with Gasteiger partial charge in [0.05, 0.1) is 24.0 Å². The molecule has 0 spiro atoms. The molecule has 0 amide bonds. The Bertz CT molecular complexity index is 652. The van der Waals surface area contributed by atoms with E-state index in [0.29, 0.717) is 11.8 Å². The molecule has 1 aliphatic carbocycles. The third kappa shape index (κ3) is 3.37. The van der Waals surface area contributed by atoms with Crippen molar-refractivity contribution < 1.29 is 4.52 Å². The number of nitrogens with one attached hydrogen (secondary N) is 1. The number of aromatic amines is 1. The predicted octanol–water partition coefficient (Wildman–Crippen LogP) is 2.25. The molecule has 1 saturated carbocycles. The minimum absolute atomic E-state index is 0.546. The van der Waals surface area contributed by atoms with Gasteiger partial charge >= 0.3 is 0 Å². The summed E-state index contributed by atoms with van der Waals surface area (Å²) >= 11 is 0. The van der Waals surface area contributed by atoms with Gasteiger partial charge in [-0.15, -0.1) is 0 Å². The van der Waals surface area contributed by atoms with Crippen LogP contribution in [0.4, 0.5) is 0 Å². The van der Waals surface area contributed by atoms with E-state index in [2.05, 4.69) is 37.2 Å². The molecule has 2 aromatic rings.